The van der Waals surface area contributed by atoms with Gasteiger partial charge in [0.25, 0.3) is 5.95 Å². The van der Waals surface area contributed by atoms with E-state index in [-0.39, 0.29) is 5.28 Å². The number of hydrogen-bond acceptors (Lipinski definition) is 5. The van der Waals surface area contributed by atoms with Gasteiger partial charge in [-0.05, 0) is 42.3 Å². The van der Waals surface area contributed by atoms with E-state index in [1.807, 2.05) is 6.07 Å². The lowest BCUT2D eigenvalue weighted by Crippen LogP contribution is -2.24. The van der Waals surface area contributed by atoms with Gasteiger partial charge in [0.15, 0.2) is 0 Å². The fourth-order valence-electron chi connectivity index (χ4n) is 3.36. The standard InChI is InChI=1S/C13H15ClN6/c14-11-16-12(18-13(17-11)20-6-2-5-15-20)19-7-9-3-1-4-10(9)8-19/h2,5-6,9-10H,1,3-4,7-8H2. The minimum absolute atomic E-state index is 0.220. The summed E-state index contributed by atoms with van der Waals surface area (Å²) < 4.78 is 1.61. The molecule has 0 bridgehead atoms. The van der Waals surface area contributed by atoms with Crippen LogP contribution in [0.1, 0.15) is 19.3 Å². The first-order valence-corrected chi connectivity index (χ1v) is 7.34. The first-order chi connectivity index (χ1) is 9.79. The van der Waals surface area contributed by atoms with Crippen molar-refractivity contribution in [1.29, 1.82) is 0 Å². The molecule has 2 unspecified atom stereocenters. The van der Waals surface area contributed by atoms with Gasteiger partial charge in [0.2, 0.25) is 11.2 Å². The van der Waals surface area contributed by atoms with Crippen LogP contribution in [0, 0.1) is 11.8 Å². The fourth-order valence-corrected chi connectivity index (χ4v) is 3.51. The quantitative estimate of drug-likeness (QED) is 0.846. The number of halogens is 1. The monoisotopic (exact) mass is 290 g/mol. The summed E-state index contributed by atoms with van der Waals surface area (Å²) in [5.41, 5.74) is 0. The highest BCUT2D eigenvalue weighted by Crippen LogP contribution is 2.38. The highest BCUT2D eigenvalue weighted by molar-refractivity contribution is 6.28. The summed E-state index contributed by atoms with van der Waals surface area (Å²) in [6.07, 6.45) is 7.50. The molecular formula is C13H15ClN6. The summed E-state index contributed by atoms with van der Waals surface area (Å²) in [6, 6.07) is 1.83. The maximum Gasteiger partial charge on any atom is 0.256 e. The van der Waals surface area contributed by atoms with E-state index in [2.05, 4.69) is 25.0 Å². The number of fused-ring (bicyclic) bond motifs is 1. The zero-order valence-corrected chi connectivity index (χ0v) is 11.7. The lowest BCUT2D eigenvalue weighted by molar-refractivity contribution is 0.494. The Morgan fingerprint density at radius 3 is 2.50 bits per heavy atom. The van der Waals surface area contributed by atoms with E-state index in [0.717, 1.165) is 24.9 Å². The molecule has 6 nitrogen and oxygen atoms in total. The maximum absolute atomic E-state index is 6.04. The number of anilines is 1. The third kappa shape index (κ3) is 2.04. The van der Waals surface area contributed by atoms with Crippen molar-refractivity contribution in [2.45, 2.75) is 19.3 Å². The Labute approximate surface area is 121 Å². The molecule has 2 atom stereocenters. The van der Waals surface area contributed by atoms with Gasteiger partial charge in [0, 0.05) is 25.5 Å². The topological polar surface area (TPSA) is 59.7 Å². The van der Waals surface area contributed by atoms with Crippen LogP contribution >= 0.6 is 11.6 Å². The Morgan fingerprint density at radius 1 is 1.05 bits per heavy atom. The molecule has 0 spiro atoms. The van der Waals surface area contributed by atoms with Crippen molar-refractivity contribution in [3.8, 4) is 5.95 Å². The summed E-state index contributed by atoms with van der Waals surface area (Å²) in [5.74, 6) is 2.73. The molecule has 0 amide bonds. The molecule has 1 saturated carbocycles. The second-order valence-corrected chi connectivity index (χ2v) is 5.85. The normalized spacial score (nSPS) is 25.1. The van der Waals surface area contributed by atoms with Gasteiger partial charge in [-0.15, -0.1) is 0 Å². The van der Waals surface area contributed by atoms with Crippen LogP contribution in [0.25, 0.3) is 5.95 Å². The van der Waals surface area contributed by atoms with Crippen LogP contribution in [0.5, 0.6) is 0 Å². The van der Waals surface area contributed by atoms with E-state index in [1.165, 1.54) is 19.3 Å². The molecule has 2 aromatic heterocycles. The van der Waals surface area contributed by atoms with Crippen LogP contribution < -0.4 is 4.90 Å². The van der Waals surface area contributed by atoms with Crippen molar-refractivity contribution >= 4 is 17.5 Å². The van der Waals surface area contributed by atoms with E-state index in [0.29, 0.717) is 11.9 Å². The number of nitrogens with zero attached hydrogens (tertiary/aromatic N) is 6. The van der Waals surface area contributed by atoms with E-state index in [9.17, 15) is 0 Å². The van der Waals surface area contributed by atoms with Gasteiger partial charge < -0.3 is 4.90 Å². The lowest BCUT2D eigenvalue weighted by Gasteiger charge is -2.17. The molecule has 2 fully saturated rings. The minimum atomic E-state index is 0.220. The van der Waals surface area contributed by atoms with Crippen LogP contribution in [0.3, 0.4) is 0 Å². The molecule has 1 saturated heterocycles. The zero-order chi connectivity index (χ0) is 13.5. The van der Waals surface area contributed by atoms with Crippen molar-refractivity contribution in [2.75, 3.05) is 18.0 Å². The summed E-state index contributed by atoms with van der Waals surface area (Å²) in [4.78, 5) is 15.2. The Bertz CT molecular complexity index is 601. The lowest BCUT2D eigenvalue weighted by atomic mass is 10.0. The molecular weight excluding hydrogens is 276 g/mol. The van der Waals surface area contributed by atoms with Gasteiger partial charge in [-0.2, -0.15) is 20.1 Å². The molecule has 20 heavy (non-hydrogen) atoms. The Kier molecular flexibility index (Phi) is 2.84. The van der Waals surface area contributed by atoms with Gasteiger partial charge in [-0.1, -0.05) is 6.42 Å². The molecule has 4 rings (SSSR count). The van der Waals surface area contributed by atoms with Crippen molar-refractivity contribution < 1.29 is 0 Å². The fraction of sp³-hybridized carbons (Fsp3) is 0.538. The van der Waals surface area contributed by atoms with Gasteiger partial charge in [0.05, 0.1) is 0 Å². The van der Waals surface area contributed by atoms with Crippen LogP contribution in [0.4, 0.5) is 5.95 Å². The summed E-state index contributed by atoms with van der Waals surface area (Å²) in [7, 11) is 0. The second kappa shape index (κ2) is 4.70. The van der Waals surface area contributed by atoms with Crippen molar-refractivity contribution in [3.63, 3.8) is 0 Å². The first-order valence-electron chi connectivity index (χ1n) is 6.96. The average molecular weight is 291 g/mol. The van der Waals surface area contributed by atoms with E-state index >= 15 is 0 Å². The molecule has 2 aromatic rings. The van der Waals surface area contributed by atoms with Crippen LogP contribution in [0.15, 0.2) is 18.5 Å². The van der Waals surface area contributed by atoms with Gasteiger partial charge >= 0.3 is 0 Å². The van der Waals surface area contributed by atoms with Crippen molar-refractivity contribution in [2.24, 2.45) is 11.8 Å². The van der Waals surface area contributed by atoms with E-state index in [1.54, 1.807) is 17.1 Å². The molecule has 0 radical (unpaired) electrons. The number of rotatable bonds is 2. The Morgan fingerprint density at radius 2 is 1.80 bits per heavy atom. The Hall–Kier alpha value is -1.69. The van der Waals surface area contributed by atoms with Crippen LogP contribution in [0.2, 0.25) is 5.28 Å². The SMILES string of the molecule is Clc1nc(N2CC3CCCC3C2)nc(-n2cccn2)n1. The molecule has 104 valence electrons. The van der Waals surface area contributed by atoms with Gasteiger partial charge in [-0.3, -0.25) is 0 Å². The highest BCUT2D eigenvalue weighted by atomic mass is 35.5. The van der Waals surface area contributed by atoms with Gasteiger partial charge in [0.1, 0.15) is 0 Å². The van der Waals surface area contributed by atoms with Crippen molar-refractivity contribution in [3.05, 3.63) is 23.7 Å². The number of hydrogen-bond donors (Lipinski definition) is 0. The maximum atomic E-state index is 6.04. The molecule has 1 aliphatic heterocycles. The summed E-state index contributed by atoms with van der Waals surface area (Å²) in [6.45, 7) is 2.06. The third-order valence-corrected chi connectivity index (χ3v) is 4.47. The van der Waals surface area contributed by atoms with Crippen LogP contribution in [-0.4, -0.2) is 37.8 Å². The minimum Gasteiger partial charge on any atom is -0.340 e. The van der Waals surface area contributed by atoms with Crippen molar-refractivity contribution in [1.82, 2.24) is 24.7 Å². The predicted molar refractivity (Wildman–Crippen MR) is 75.0 cm³/mol. The molecule has 1 aliphatic carbocycles. The molecule has 2 aliphatic rings. The second-order valence-electron chi connectivity index (χ2n) is 5.51. The third-order valence-electron chi connectivity index (χ3n) is 4.30. The first kappa shape index (κ1) is 12.1. The average Bonchev–Trinajstić information content (AvgIpc) is 3.14. The van der Waals surface area contributed by atoms with Crippen LogP contribution in [-0.2, 0) is 0 Å². The Balaban J connectivity index is 1.65. The molecule has 0 aromatic carbocycles. The summed E-state index contributed by atoms with van der Waals surface area (Å²) in [5, 5.41) is 4.36. The van der Waals surface area contributed by atoms with E-state index < -0.39 is 0 Å². The van der Waals surface area contributed by atoms with Gasteiger partial charge in [-0.25, -0.2) is 4.68 Å². The predicted octanol–water partition coefficient (Wildman–Crippen LogP) is 1.95. The molecule has 0 N–H and O–H groups in total. The molecule has 7 heteroatoms. The largest absolute Gasteiger partial charge is 0.340 e. The summed E-state index contributed by atoms with van der Waals surface area (Å²) >= 11 is 6.04. The van der Waals surface area contributed by atoms with E-state index in [4.69, 9.17) is 11.6 Å². The smallest absolute Gasteiger partial charge is 0.256 e. The highest BCUT2D eigenvalue weighted by Gasteiger charge is 2.37. The molecule has 3 heterocycles. The zero-order valence-electron chi connectivity index (χ0n) is 11.0. The number of aromatic nitrogens is 5.